The Kier molecular flexibility index (Phi) is 4.39. The number of hydrogen-bond acceptors (Lipinski definition) is 2. The number of benzene rings is 1. The molecule has 2 rings (SSSR count). The average molecular weight is 285 g/mol. The Bertz CT molecular complexity index is 668. The molecule has 0 atom stereocenters. The van der Waals surface area contributed by atoms with E-state index in [1.807, 2.05) is 49.1 Å². The average Bonchev–Trinajstić information content (AvgIpc) is 2.85. The third kappa shape index (κ3) is 3.70. The van der Waals surface area contributed by atoms with E-state index in [9.17, 15) is 4.79 Å². The molecule has 1 aromatic heterocycles. The van der Waals surface area contributed by atoms with E-state index in [1.165, 1.54) is 0 Å². The number of carbonyl (C=O) groups is 1. The Morgan fingerprint density at radius 3 is 2.67 bits per heavy atom. The van der Waals surface area contributed by atoms with Crippen LogP contribution in [0, 0.1) is 0 Å². The van der Waals surface area contributed by atoms with E-state index in [1.54, 1.807) is 12.1 Å². The molecule has 110 valence electrons. The second kappa shape index (κ2) is 6.23. The Morgan fingerprint density at radius 1 is 1.24 bits per heavy atom. The van der Waals surface area contributed by atoms with Gasteiger partial charge in [-0.1, -0.05) is 6.07 Å². The van der Waals surface area contributed by atoms with Crippen LogP contribution >= 0.6 is 0 Å². The van der Waals surface area contributed by atoms with Crippen molar-refractivity contribution >= 4 is 11.9 Å². The highest BCUT2D eigenvalue weighted by molar-refractivity contribution is 6.02. The number of amides is 1. The second-order valence-corrected chi connectivity index (χ2v) is 5.00. The van der Waals surface area contributed by atoms with Gasteiger partial charge in [-0.15, -0.1) is 0 Å². The number of carbonyl (C=O) groups excluding carboxylic acids is 1. The maximum absolute atomic E-state index is 11.9. The summed E-state index contributed by atoms with van der Waals surface area (Å²) in [5.41, 5.74) is 13.0. The maximum atomic E-state index is 11.9. The SMILES string of the molecule is CN(C)Cc1cccn1-c1cccc(C(=O)N=C(N)N)c1. The zero-order chi connectivity index (χ0) is 15.4. The Balaban J connectivity index is 2.36. The van der Waals surface area contributed by atoms with Crippen LogP contribution in [0.3, 0.4) is 0 Å². The molecule has 0 fully saturated rings. The maximum Gasteiger partial charge on any atom is 0.280 e. The highest BCUT2D eigenvalue weighted by Gasteiger charge is 2.08. The first-order chi connectivity index (χ1) is 9.97. The molecule has 0 radical (unpaired) electrons. The summed E-state index contributed by atoms with van der Waals surface area (Å²) in [7, 11) is 4.02. The molecule has 0 saturated heterocycles. The third-order valence-corrected chi connectivity index (χ3v) is 2.91. The summed E-state index contributed by atoms with van der Waals surface area (Å²) in [6.07, 6.45) is 1.96. The Labute approximate surface area is 123 Å². The van der Waals surface area contributed by atoms with Gasteiger partial charge in [0.25, 0.3) is 5.91 Å². The number of aliphatic imine (C=N–C) groups is 1. The van der Waals surface area contributed by atoms with E-state index in [0.29, 0.717) is 5.56 Å². The molecule has 1 amide bonds. The third-order valence-electron chi connectivity index (χ3n) is 2.91. The quantitative estimate of drug-likeness (QED) is 0.646. The van der Waals surface area contributed by atoms with Gasteiger partial charge in [0, 0.05) is 29.7 Å². The zero-order valence-electron chi connectivity index (χ0n) is 12.2. The summed E-state index contributed by atoms with van der Waals surface area (Å²) >= 11 is 0. The van der Waals surface area contributed by atoms with Crippen molar-refractivity contribution < 1.29 is 4.79 Å². The van der Waals surface area contributed by atoms with Crippen LogP contribution in [0.15, 0.2) is 47.6 Å². The molecule has 0 aliphatic heterocycles. The molecule has 0 aliphatic carbocycles. The molecule has 6 heteroatoms. The number of guanidine groups is 1. The van der Waals surface area contributed by atoms with Crippen molar-refractivity contribution in [3.05, 3.63) is 53.9 Å². The van der Waals surface area contributed by atoms with Gasteiger partial charge < -0.3 is 20.9 Å². The lowest BCUT2D eigenvalue weighted by Crippen LogP contribution is -2.24. The monoisotopic (exact) mass is 285 g/mol. The van der Waals surface area contributed by atoms with Crippen LogP contribution in [0.1, 0.15) is 16.1 Å². The van der Waals surface area contributed by atoms with Crippen molar-refractivity contribution in [1.82, 2.24) is 9.47 Å². The summed E-state index contributed by atoms with van der Waals surface area (Å²) in [4.78, 5) is 17.5. The van der Waals surface area contributed by atoms with E-state index in [4.69, 9.17) is 11.5 Å². The van der Waals surface area contributed by atoms with E-state index in [2.05, 4.69) is 9.89 Å². The molecule has 0 bridgehead atoms. The largest absolute Gasteiger partial charge is 0.370 e. The van der Waals surface area contributed by atoms with Crippen LogP contribution < -0.4 is 11.5 Å². The minimum atomic E-state index is -0.446. The van der Waals surface area contributed by atoms with Gasteiger partial charge in [-0.05, 0) is 44.4 Å². The van der Waals surface area contributed by atoms with E-state index in [0.717, 1.165) is 17.9 Å². The molecule has 2 aromatic rings. The number of nitrogens with two attached hydrogens (primary N) is 2. The Morgan fingerprint density at radius 2 is 2.00 bits per heavy atom. The molecule has 6 nitrogen and oxygen atoms in total. The summed E-state index contributed by atoms with van der Waals surface area (Å²) in [6, 6.07) is 11.2. The summed E-state index contributed by atoms with van der Waals surface area (Å²) in [5, 5.41) is 0. The molecular weight excluding hydrogens is 266 g/mol. The normalized spacial score (nSPS) is 10.6. The van der Waals surface area contributed by atoms with Gasteiger partial charge in [-0.25, -0.2) is 0 Å². The predicted molar refractivity (Wildman–Crippen MR) is 83.3 cm³/mol. The van der Waals surface area contributed by atoms with Crippen molar-refractivity contribution in [2.75, 3.05) is 14.1 Å². The number of aromatic nitrogens is 1. The summed E-state index contributed by atoms with van der Waals surface area (Å²) in [5.74, 6) is -0.683. The molecule has 0 aliphatic rings. The van der Waals surface area contributed by atoms with E-state index >= 15 is 0 Å². The van der Waals surface area contributed by atoms with Gasteiger partial charge in [-0.3, -0.25) is 4.79 Å². The highest BCUT2D eigenvalue weighted by atomic mass is 16.1. The molecule has 4 N–H and O–H groups in total. The predicted octanol–water partition coefficient (Wildman–Crippen LogP) is 0.952. The van der Waals surface area contributed by atoms with Crippen molar-refractivity contribution in [2.24, 2.45) is 16.5 Å². The fraction of sp³-hybridized carbons (Fsp3) is 0.200. The Hall–Kier alpha value is -2.60. The van der Waals surface area contributed by atoms with Gasteiger partial charge in [0.1, 0.15) is 0 Å². The molecule has 0 unspecified atom stereocenters. The van der Waals surface area contributed by atoms with Crippen LogP contribution in [-0.2, 0) is 6.54 Å². The van der Waals surface area contributed by atoms with Crippen molar-refractivity contribution in [2.45, 2.75) is 6.54 Å². The number of hydrogen-bond donors (Lipinski definition) is 2. The topological polar surface area (TPSA) is 89.6 Å². The standard InChI is InChI=1S/C15H19N5O/c1-19(2)10-13-7-4-8-20(13)12-6-3-5-11(9-12)14(21)18-15(16)17/h3-9H,10H2,1-2H3,(H4,16,17,18,21). The van der Waals surface area contributed by atoms with E-state index < -0.39 is 5.91 Å². The van der Waals surface area contributed by atoms with Crippen LogP contribution in [0.4, 0.5) is 0 Å². The first-order valence-corrected chi connectivity index (χ1v) is 6.53. The smallest absolute Gasteiger partial charge is 0.280 e. The molecular formula is C15H19N5O. The minimum absolute atomic E-state index is 0.236. The lowest BCUT2D eigenvalue weighted by molar-refractivity contribution is 0.100. The fourth-order valence-corrected chi connectivity index (χ4v) is 2.09. The van der Waals surface area contributed by atoms with Crippen molar-refractivity contribution in [3.63, 3.8) is 0 Å². The zero-order valence-corrected chi connectivity index (χ0v) is 12.2. The van der Waals surface area contributed by atoms with Crippen molar-refractivity contribution in [3.8, 4) is 5.69 Å². The van der Waals surface area contributed by atoms with Gasteiger partial charge in [-0.2, -0.15) is 4.99 Å². The number of rotatable bonds is 4. The summed E-state index contributed by atoms with van der Waals surface area (Å²) < 4.78 is 2.03. The fourth-order valence-electron chi connectivity index (χ4n) is 2.09. The van der Waals surface area contributed by atoms with E-state index in [-0.39, 0.29) is 5.96 Å². The van der Waals surface area contributed by atoms with Crippen LogP contribution in [0.25, 0.3) is 5.69 Å². The number of nitrogens with zero attached hydrogens (tertiary/aromatic N) is 3. The first kappa shape index (κ1) is 14.8. The highest BCUT2D eigenvalue weighted by Crippen LogP contribution is 2.16. The van der Waals surface area contributed by atoms with Gasteiger partial charge in [0.05, 0.1) is 0 Å². The minimum Gasteiger partial charge on any atom is -0.370 e. The lowest BCUT2D eigenvalue weighted by atomic mass is 10.2. The lowest BCUT2D eigenvalue weighted by Gasteiger charge is -2.14. The van der Waals surface area contributed by atoms with Gasteiger partial charge >= 0.3 is 0 Å². The molecule has 1 heterocycles. The van der Waals surface area contributed by atoms with Crippen LogP contribution in [0.5, 0.6) is 0 Å². The molecule has 0 saturated carbocycles. The van der Waals surface area contributed by atoms with Crippen LogP contribution in [-0.4, -0.2) is 35.4 Å². The molecule has 1 aromatic carbocycles. The van der Waals surface area contributed by atoms with Crippen molar-refractivity contribution in [1.29, 1.82) is 0 Å². The molecule has 0 spiro atoms. The molecule has 21 heavy (non-hydrogen) atoms. The van der Waals surface area contributed by atoms with Crippen LogP contribution in [0.2, 0.25) is 0 Å². The van der Waals surface area contributed by atoms with Gasteiger partial charge in [0.2, 0.25) is 0 Å². The van der Waals surface area contributed by atoms with Gasteiger partial charge in [0.15, 0.2) is 5.96 Å². The summed E-state index contributed by atoms with van der Waals surface area (Å²) in [6.45, 7) is 0.805. The first-order valence-electron chi connectivity index (χ1n) is 6.53. The second-order valence-electron chi connectivity index (χ2n) is 5.00.